The van der Waals surface area contributed by atoms with Crippen molar-refractivity contribution < 1.29 is 8.42 Å². The van der Waals surface area contributed by atoms with Crippen LogP contribution in [0.15, 0.2) is 48.5 Å². The monoisotopic (exact) mass is 344 g/mol. The number of benzene rings is 2. The fourth-order valence-electron chi connectivity index (χ4n) is 3.13. The van der Waals surface area contributed by atoms with Crippen LogP contribution in [0.25, 0.3) is 0 Å². The van der Waals surface area contributed by atoms with Crippen molar-refractivity contribution in [2.24, 2.45) is 0 Å². The van der Waals surface area contributed by atoms with Crippen LogP contribution in [0.3, 0.4) is 0 Å². The molecule has 0 bridgehead atoms. The van der Waals surface area contributed by atoms with Crippen LogP contribution < -0.4 is 0 Å². The third-order valence-electron chi connectivity index (χ3n) is 4.52. The van der Waals surface area contributed by atoms with E-state index in [9.17, 15) is 8.42 Å². The van der Waals surface area contributed by atoms with Crippen LogP contribution in [-0.2, 0) is 23.3 Å². The third kappa shape index (κ3) is 3.69. The van der Waals surface area contributed by atoms with Crippen molar-refractivity contribution in [3.63, 3.8) is 0 Å². The van der Waals surface area contributed by atoms with Gasteiger partial charge in [0.25, 0.3) is 10.2 Å². The van der Waals surface area contributed by atoms with Gasteiger partial charge < -0.3 is 0 Å². The lowest BCUT2D eigenvalue weighted by molar-refractivity contribution is 0.275. The summed E-state index contributed by atoms with van der Waals surface area (Å²) in [7, 11) is -3.42. The number of hydrogen-bond donors (Lipinski definition) is 0. The minimum absolute atomic E-state index is 0.439. The SMILES string of the molecule is Cc1cccc(CN2CCCN(Cc3ccccc3C)S2(=O)=O)c1. The minimum atomic E-state index is -3.42. The summed E-state index contributed by atoms with van der Waals surface area (Å²) >= 11 is 0. The predicted molar refractivity (Wildman–Crippen MR) is 96.7 cm³/mol. The van der Waals surface area contributed by atoms with Gasteiger partial charge in [0.15, 0.2) is 0 Å². The van der Waals surface area contributed by atoms with Crippen LogP contribution in [0.5, 0.6) is 0 Å². The molecule has 0 aliphatic carbocycles. The van der Waals surface area contributed by atoms with Gasteiger partial charge in [-0.25, -0.2) is 0 Å². The Bertz CT molecular complexity index is 818. The molecule has 128 valence electrons. The van der Waals surface area contributed by atoms with E-state index in [2.05, 4.69) is 6.07 Å². The zero-order valence-corrected chi connectivity index (χ0v) is 15.1. The summed E-state index contributed by atoms with van der Waals surface area (Å²) in [5.74, 6) is 0. The molecule has 1 heterocycles. The van der Waals surface area contributed by atoms with Gasteiger partial charge in [0, 0.05) is 26.2 Å². The van der Waals surface area contributed by atoms with E-state index in [0.29, 0.717) is 26.2 Å². The summed E-state index contributed by atoms with van der Waals surface area (Å²) < 4.78 is 29.1. The first-order valence-corrected chi connectivity index (χ1v) is 9.72. The molecule has 0 spiro atoms. The molecule has 0 radical (unpaired) electrons. The van der Waals surface area contributed by atoms with Gasteiger partial charge in [-0.3, -0.25) is 0 Å². The van der Waals surface area contributed by atoms with E-state index in [4.69, 9.17) is 0 Å². The molecule has 1 aliphatic rings. The largest absolute Gasteiger partial charge is 0.282 e. The molecular weight excluding hydrogens is 320 g/mol. The molecular formula is C19H24N2O2S. The Labute approximate surface area is 144 Å². The van der Waals surface area contributed by atoms with Crippen LogP contribution in [0, 0.1) is 13.8 Å². The van der Waals surface area contributed by atoms with Gasteiger partial charge in [0.05, 0.1) is 0 Å². The second kappa shape index (κ2) is 7.05. The van der Waals surface area contributed by atoms with Gasteiger partial charge in [-0.05, 0) is 37.0 Å². The quantitative estimate of drug-likeness (QED) is 0.854. The van der Waals surface area contributed by atoms with Crippen molar-refractivity contribution in [2.75, 3.05) is 13.1 Å². The minimum Gasteiger partial charge on any atom is -0.195 e. The van der Waals surface area contributed by atoms with E-state index in [0.717, 1.165) is 28.7 Å². The lowest BCUT2D eigenvalue weighted by Gasteiger charge is -2.35. The molecule has 1 saturated heterocycles. The maximum Gasteiger partial charge on any atom is 0.282 e. The first kappa shape index (κ1) is 17.1. The summed E-state index contributed by atoms with van der Waals surface area (Å²) in [6.45, 7) is 6.10. The van der Waals surface area contributed by atoms with E-state index >= 15 is 0 Å². The zero-order chi connectivity index (χ0) is 17.2. The van der Waals surface area contributed by atoms with Gasteiger partial charge in [-0.1, -0.05) is 54.1 Å². The zero-order valence-electron chi connectivity index (χ0n) is 14.3. The number of nitrogens with zero attached hydrogens (tertiary/aromatic N) is 2. The average molecular weight is 344 g/mol. The summed E-state index contributed by atoms with van der Waals surface area (Å²) in [6, 6.07) is 16.0. The highest BCUT2D eigenvalue weighted by molar-refractivity contribution is 7.86. The normalized spacial score (nSPS) is 18.6. The van der Waals surface area contributed by atoms with E-state index in [1.165, 1.54) is 0 Å². The van der Waals surface area contributed by atoms with Crippen LogP contribution in [0.1, 0.15) is 28.7 Å². The molecule has 5 heteroatoms. The standard InChI is InChI=1S/C19H24N2O2S/c1-16-7-5-9-18(13-16)14-20-11-6-12-21(24(20,22)23)15-19-10-4-3-8-17(19)2/h3-5,7-10,13H,6,11-12,14-15H2,1-2H3. The topological polar surface area (TPSA) is 40.6 Å². The molecule has 3 rings (SSSR count). The fraction of sp³-hybridized carbons (Fsp3) is 0.368. The Morgan fingerprint density at radius 2 is 1.62 bits per heavy atom. The molecule has 0 amide bonds. The highest BCUT2D eigenvalue weighted by atomic mass is 32.2. The van der Waals surface area contributed by atoms with Crippen molar-refractivity contribution in [3.05, 3.63) is 70.8 Å². The Balaban J connectivity index is 1.79. The number of aryl methyl sites for hydroxylation is 2. The van der Waals surface area contributed by atoms with Crippen molar-refractivity contribution in [1.82, 2.24) is 8.61 Å². The van der Waals surface area contributed by atoms with Crippen LogP contribution in [-0.4, -0.2) is 30.1 Å². The van der Waals surface area contributed by atoms with Gasteiger partial charge >= 0.3 is 0 Å². The van der Waals surface area contributed by atoms with Crippen LogP contribution in [0.2, 0.25) is 0 Å². The van der Waals surface area contributed by atoms with Crippen molar-refractivity contribution in [1.29, 1.82) is 0 Å². The maximum atomic E-state index is 13.0. The smallest absolute Gasteiger partial charge is 0.195 e. The third-order valence-corrected chi connectivity index (χ3v) is 6.45. The first-order valence-electron chi connectivity index (χ1n) is 8.32. The molecule has 24 heavy (non-hydrogen) atoms. The Hall–Kier alpha value is -1.69. The molecule has 0 unspecified atom stereocenters. The average Bonchev–Trinajstić information content (AvgIpc) is 2.53. The van der Waals surface area contributed by atoms with Crippen molar-refractivity contribution >= 4 is 10.2 Å². The summed E-state index contributed by atoms with van der Waals surface area (Å²) in [5.41, 5.74) is 4.39. The molecule has 2 aromatic rings. The van der Waals surface area contributed by atoms with Gasteiger partial charge in [-0.2, -0.15) is 17.0 Å². The van der Waals surface area contributed by atoms with E-state index in [1.54, 1.807) is 8.61 Å². The highest BCUT2D eigenvalue weighted by Gasteiger charge is 2.33. The molecule has 1 aliphatic heterocycles. The number of rotatable bonds is 4. The lowest BCUT2D eigenvalue weighted by atomic mass is 10.1. The van der Waals surface area contributed by atoms with Gasteiger partial charge in [0.1, 0.15) is 0 Å². The molecule has 0 N–H and O–H groups in total. The van der Waals surface area contributed by atoms with E-state index < -0.39 is 10.2 Å². The second-order valence-electron chi connectivity index (χ2n) is 6.44. The lowest BCUT2D eigenvalue weighted by Crippen LogP contribution is -2.48. The first-order chi connectivity index (χ1) is 11.5. The molecule has 1 fully saturated rings. The molecule has 0 atom stereocenters. The molecule has 0 saturated carbocycles. The van der Waals surface area contributed by atoms with Gasteiger partial charge in [-0.15, -0.1) is 0 Å². The van der Waals surface area contributed by atoms with Crippen molar-refractivity contribution in [2.45, 2.75) is 33.4 Å². The Kier molecular flexibility index (Phi) is 5.04. The summed E-state index contributed by atoms with van der Waals surface area (Å²) in [4.78, 5) is 0. The van der Waals surface area contributed by atoms with Crippen molar-refractivity contribution in [3.8, 4) is 0 Å². The van der Waals surface area contributed by atoms with Crippen LogP contribution in [0.4, 0.5) is 0 Å². The van der Waals surface area contributed by atoms with Crippen LogP contribution >= 0.6 is 0 Å². The highest BCUT2D eigenvalue weighted by Crippen LogP contribution is 2.22. The Morgan fingerprint density at radius 3 is 2.33 bits per heavy atom. The van der Waals surface area contributed by atoms with E-state index in [-0.39, 0.29) is 0 Å². The maximum absolute atomic E-state index is 13.0. The molecule has 2 aromatic carbocycles. The fourth-order valence-corrected chi connectivity index (χ4v) is 4.79. The number of hydrogen-bond acceptors (Lipinski definition) is 2. The van der Waals surface area contributed by atoms with Gasteiger partial charge in [0.2, 0.25) is 0 Å². The molecule has 0 aromatic heterocycles. The predicted octanol–water partition coefficient (Wildman–Crippen LogP) is 3.26. The second-order valence-corrected chi connectivity index (χ2v) is 8.37. The Morgan fingerprint density at radius 1 is 0.917 bits per heavy atom. The summed E-state index contributed by atoms with van der Waals surface area (Å²) in [6.07, 6.45) is 0.858. The molecule has 4 nitrogen and oxygen atoms in total. The van der Waals surface area contributed by atoms with E-state index in [1.807, 2.05) is 56.3 Å². The summed E-state index contributed by atoms with van der Waals surface area (Å²) in [5, 5.41) is 0.